The summed E-state index contributed by atoms with van der Waals surface area (Å²) < 4.78 is 46.3. The number of halogens is 1. The fraction of sp³-hybridized carbons (Fsp3) is 0.424. The van der Waals surface area contributed by atoms with Crippen molar-refractivity contribution in [2.75, 3.05) is 98.0 Å². The van der Waals surface area contributed by atoms with Crippen LogP contribution in [0.25, 0.3) is 45.0 Å². The summed E-state index contributed by atoms with van der Waals surface area (Å²) in [5.74, 6) is 7.09. The SMILES string of the molecule is C.C.C.CCCC1(Nc2cc(OC)ccc2C)CCCc2nc(-c3c(CC)cccc3CC)cc(OC)c21.CCc1cccc(CC)c1-c1cc(OC)c2c(n1)CCCC2N(C)c1cc(Cl)ccc1C.CCc1cccc(CC)c1-c1cc(OC)c2c(n1)CCCC2N(C)c1cc(OC)ccc1OC.COc1ccc(C)c(N(C)C2CCCc3nc(-c4c(C)cccc4C)cc(OC)c32)c1. The Bertz CT molecular complexity index is 5870. The van der Waals surface area contributed by atoms with Gasteiger partial charge in [-0.2, -0.15) is 0 Å². The minimum atomic E-state index is -0.228. The Balaban J connectivity index is 0.000000185. The van der Waals surface area contributed by atoms with Gasteiger partial charge >= 0.3 is 0 Å². The predicted molar refractivity (Wildman–Crippen MR) is 567 cm³/mol. The molecule has 0 spiro atoms. The molecule has 0 aliphatic heterocycles. The average Bonchev–Trinajstić information content (AvgIpc) is 0.733. The minimum absolute atomic E-state index is 0. The fourth-order valence-corrected chi connectivity index (χ4v) is 21.2. The zero-order valence-corrected chi connectivity index (χ0v) is 83.6. The van der Waals surface area contributed by atoms with Gasteiger partial charge in [0.1, 0.15) is 46.0 Å². The highest BCUT2D eigenvalue weighted by atomic mass is 35.5. The highest BCUT2D eigenvalue weighted by molar-refractivity contribution is 6.30. The number of hydrogen-bond donors (Lipinski definition) is 1. The second-order valence-corrected chi connectivity index (χ2v) is 36.1. The number of nitrogens with zero attached hydrogens (tertiary/aromatic N) is 7. The number of rotatable bonds is 28. The maximum Gasteiger partial charge on any atom is 0.142 e. The van der Waals surface area contributed by atoms with E-state index in [4.69, 9.17) is 69.4 Å². The molecule has 4 aliphatic carbocycles. The average molecular weight is 1850 g/mol. The summed E-state index contributed by atoms with van der Waals surface area (Å²) in [5.41, 5.74) is 37.0. The Morgan fingerprint density at radius 1 is 0.341 bits per heavy atom. The maximum absolute atomic E-state index is 6.34. The van der Waals surface area contributed by atoms with Crippen LogP contribution in [0.15, 0.2) is 170 Å². The van der Waals surface area contributed by atoms with Crippen molar-refractivity contribution in [1.82, 2.24) is 19.9 Å². The summed E-state index contributed by atoms with van der Waals surface area (Å²) >= 11 is 6.34. The van der Waals surface area contributed by atoms with Crippen molar-refractivity contribution in [1.29, 1.82) is 0 Å². The van der Waals surface area contributed by atoms with Gasteiger partial charge in [-0.25, -0.2) is 0 Å². The molecule has 17 heteroatoms. The van der Waals surface area contributed by atoms with E-state index in [2.05, 4.69) is 258 Å². The Morgan fingerprint density at radius 3 is 1.07 bits per heavy atom. The largest absolute Gasteiger partial charge is 0.497 e. The van der Waals surface area contributed by atoms with Crippen LogP contribution in [-0.2, 0) is 69.7 Å². The molecule has 4 aromatic heterocycles. The van der Waals surface area contributed by atoms with E-state index >= 15 is 0 Å². The number of aromatic nitrogens is 4. The first kappa shape index (κ1) is 105. The summed E-state index contributed by atoms with van der Waals surface area (Å²) in [4.78, 5) is 28.0. The lowest BCUT2D eigenvalue weighted by Crippen LogP contribution is -2.40. The van der Waals surface area contributed by atoms with Gasteiger partial charge in [-0.3, -0.25) is 19.9 Å². The smallest absolute Gasteiger partial charge is 0.142 e. The third-order valence-corrected chi connectivity index (χ3v) is 28.2. The van der Waals surface area contributed by atoms with Gasteiger partial charge in [-0.15, -0.1) is 0 Å². The van der Waals surface area contributed by atoms with E-state index in [-0.39, 0.29) is 45.9 Å². The fourth-order valence-electron chi connectivity index (χ4n) is 21.1. The summed E-state index contributed by atoms with van der Waals surface area (Å²) in [7, 11) is 20.4. The van der Waals surface area contributed by atoms with Crippen LogP contribution in [0.5, 0.6) is 46.0 Å². The van der Waals surface area contributed by atoms with Crippen molar-refractivity contribution >= 4 is 34.4 Å². The number of aryl methyl sites for hydroxylation is 15. The quantitative estimate of drug-likeness (QED) is 0.0495. The zero-order chi connectivity index (χ0) is 94.2. The van der Waals surface area contributed by atoms with Crippen LogP contribution < -0.4 is 57.9 Å². The van der Waals surface area contributed by atoms with E-state index in [1.165, 1.54) is 117 Å². The molecule has 4 unspecified atom stereocenters. The first-order valence-corrected chi connectivity index (χ1v) is 48.3. The number of fused-ring (bicyclic) bond motifs is 4. The molecule has 720 valence electrons. The summed E-state index contributed by atoms with van der Waals surface area (Å²) in [5, 5.41) is 4.73. The van der Waals surface area contributed by atoms with Crippen molar-refractivity contribution in [2.45, 2.75) is 257 Å². The lowest BCUT2D eigenvalue weighted by atomic mass is 9.74. The molecule has 4 heterocycles. The molecule has 0 amide bonds. The van der Waals surface area contributed by atoms with Gasteiger partial charge in [-0.1, -0.05) is 180 Å². The molecule has 4 aliphatic rings. The molecule has 0 fully saturated rings. The molecule has 16 rings (SSSR count). The van der Waals surface area contributed by atoms with Crippen molar-refractivity contribution in [3.8, 4) is 91.0 Å². The zero-order valence-electron chi connectivity index (χ0n) is 82.8. The van der Waals surface area contributed by atoms with Crippen molar-refractivity contribution in [3.63, 3.8) is 0 Å². The van der Waals surface area contributed by atoms with Crippen molar-refractivity contribution in [3.05, 3.63) is 281 Å². The van der Waals surface area contributed by atoms with Gasteiger partial charge in [0, 0.05) is 130 Å². The van der Waals surface area contributed by atoms with Crippen LogP contribution in [0.4, 0.5) is 22.7 Å². The standard InChI is InChI=1S/C31H40N2O2.C29H36N2O3.C28H33ClN2O.C27H32N2O2.3CH4/c1-7-17-31(33-26-19-24(34-5)16-15-21(26)4)18-11-14-25-30(31)28(35-6)20-27(32-25)29-22(8-2)12-10-13-23(29)9-3;1-7-19-11-9-12-20(8-2)28(19)23-18-27(34-6)29-22(30-23)13-10-14-24(29)31(3)25-17-21(32-4)15-16-26(25)33-5;1-6-19-10-8-11-20(7-2)27(19)23-17-26(32-5)28-22(30-23)12-9-13-24(28)31(4)25-16-21(29)15-14-18(25)3;1-17-13-14-20(30-5)15-24(17)29(4)23-12-8-11-21-27(23)25(31-6)16-22(28-21)26-18(2)9-7-10-19(26)3;;;/h10,12-13,15-16,19-20,33H,7-9,11,14,17-18H2,1-6H3;9,11-12,15-18,24H,7-8,10,13-14H2,1-6H3;8,10-11,14-17,24H,6-7,9,12-13H2,1-5H3;7,9-10,13-16,23H,8,11-12H2,1-6H3;3*1H4. The first-order valence-electron chi connectivity index (χ1n) is 47.9. The van der Waals surface area contributed by atoms with Gasteiger partial charge in [0.05, 0.1) is 132 Å². The van der Waals surface area contributed by atoms with Crippen LogP contribution in [0.1, 0.15) is 259 Å². The van der Waals surface area contributed by atoms with E-state index in [9.17, 15) is 0 Å². The highest BCUT2D eigenvalue weighted by Gasteiger charge is 2.42. The van der Waals surface area contributed by atoms with E-state index in [0.717, 1.165) is 236 Å². The van der Waals surface area contributed by atoms with Gasteiger partial charge in [0.25, 0.3) is 0 Å². The first-order chi connectivity index (χ1) is 64.0. The predicted octanol–water partition coefficient (Wildman–Crippen LogP) is 29.5. The second-order valence-electron chi connectivity index (χ2n) is 35.7. The van der Waals surface area contributed by atoms with Gasteiger partial charge in [0.15, 0.2) is 0 Å². The van der Waals surface area contributed by atoms with Crippen LogP contribution >= 0.6 is 11.6 Å². The van der Waals surface area contributed by atoms with Crippen LogP contribution in [0, 0.1) is 34.6 Å². The molecule has 1 N–H and O–H groups in total. The maximum atomic E-state index is 6.34. The lowest BCUT2D eigenvalue weighted by Gasteiger charge is -2.42. The third-order valence-electron chi connectivity index (χ3n) is 27.9. The molecule has 16 nitrogen and oxygen atoms in total. The van der Waals surface area contributed by atoms with E-state index in [1.807, 2.05) is 36.4 Å². The van der Waals surface area contributed by atoms with E-state index in [0.29, 0.717) is 0 Å². The number of pyridine rings is 4. The molecule has 0 saturated carbocycles. The number of anilines is 4. The summed E-state index contributed by atoms with van der Waals surface area (Å²) in [6.07, 6.45) is 20.5. The highest BCUT2D eigenvalue weighted by Crippen LogP contribution is 2.52. The number of nitrogens with one attached hydrogen (secondary N) is 1. The number of hydrogen-bond acceptors (Lipinski definition) is 16. The molecular weight excluding hydrogens is 1690 g/mol. The summed E-state index contributed by atoms with van der Waals surface area (Å²) in [6.45, 7) is 26.3. The third kappa shape index (κ3) is 22.5. The molecule has 0 radical (unpaired) electrons. The Hall–Kier alpha value is -11.8. The Labute approximate surface area is 814 Å². The number of benzene rings is 8. The monoisotopic (exact) mass is 1850 g/mol. The van der Waals surface area contributed by atoms with Gasteiger partial charge in [-0.05, 0) is 254 Å². The molecule has 0 bridgehead atoms. The van der Waals surface area contributed by atoms with E-state index < -0.39 is 0 Å². The van der Waals surface area contributed by atoms with Crippen LogP contribution in [0.3, 0.4) is 0 Å². The summed E-state index contributed by atoms with van der Waals surface area (Å²) in [6, 6.07) is 59.9. The lowest BCUT2D eigenvalue weighted by molar-refractivity contribution is 0.338. The van der Waals surface area contributed by atoms with Gasteiger partial charge < -0.3 is 57.9 Å². The van der Waals surface area contributed by atoms with Gasteiger partial charge in [0.2, 0.25) is 0 Å². The normalized spacial score (nSPS) is 15.4. The molecule has 135 heavy (non-hydrogen) atoms. The molecule has 12 aromatic rings. The molecule has 8 aromatic carbocycles. The Morgan fingerprint density at radius 2 is 0.674 bits per heavy atom. The molecule has 0 saturated heterocycles. The topological polar surface area (TPSA) is 147 Å². The van der Waals surface area contributed by atoms with Crippen LogP contribution in [-0.4, -0.2) is 98.0 Å². The molecule has 4 atom stereocenters. The molecular formula is C118H153ClN8O8. The Kier molecular flexibility index (Phi) is 37.5. The number of methoxy groups -OCH3 is 8. The second kappa shape index (κ2) is 48.1. The van der Waals surface area contributed by atoms with Crippen molar-refractivity contribution < 1.29 is 37.9 Å². The van der Waals surface area contributed by atoms with E-state index in [1.54, 1.807) is 56.9 Å². The van der Waals surface area contributed by atoms with Crippen molar-refractivity contribution in [2.24, 2.45) is 0 Å². The number of ether oxygens (including phenoxy) is 8. The van der Waals surface area contributed by atoms with Crippen LogP contribution in [0.2, 0.25) is 5.02 Å². The minimum Gasteiger partial charge on any atom is -0.497 e.